The van der Waals surface area contributed by atoms with Gasteiger partial charge in [-0.3, -0.25) is 14.3 Å². The quantitative estimate of drug-likeness (QED) is 0.517. The number of phenolic OH excluding ortho intramolecular Hbond substituents is 1. The highest BCUT2D eigenvalue weighted by Gasteiger charge is 2.26. The standard InChI is InChI=1S/C25H30N6O3/c1-16(2)27-25(33)24-29-28-23(20-7-8-21-19(22(20)32)9-10-26-21)31(24)18-5-3-17(4-6-18)15-30-11-13-34-14-12-30/h3-8,16,26,32H,9-15H2,1-2H3,(H,27,33). The van der Waals surface area contributed by atoms with E-state index >= 15 is 0 Å². The number of hydrogen-bond donors (Lipinski definition) is 3. The van der Waals surface area contributed by atoms with Gasteiger partial charge in [-0.2, -0.15) is 0 Å². The number of hydrogen-bond acceptors (Lipinski definition) is 7. The molecule has 0 atom stereocenters. The number of aromatic nitrogens is 3. The Hall–Kier alpha value is -3.43. The first-order chi connectivity index (χ1) is 16.5. The lowest BCUT2D eigenvalue weighted by atomic mass is 10.1. The van der Waals surface area contributed by atoms with Gasteiger partial charge in [-0.25, -0.2) is 0 Å². The van der Waals surface area contributed by atoms with Crippen LogP contribution in [-0.4, -0.2) is 69.6 Å². The van der Waals surface area contributed by atoms with Crippen LogP contribution in [0.5, 0.6) is 5.75 Å². The van der Waals surface area contributed by atoms with E-state index in [2.05, 4.69) is 37.9 Å². The normalized spacial score (nSPS) is 15.9. The number of nitrogens with zero attached hydrogens (tertiary/aromatic N) is 4. The molecule has 3 heterocycles. The summed E-state index contributed by atoms with van der Waals surface area (Å²) in [5.41, 5.74) is 4.28. The van der Waals surface area contributed by atoms with Gasteiger partial charge >= 0.3 is 0 Å². The molecule has 1 fully saturated rings. The Bertz CT molecular complexity index is 1180. The molecule has 2 aromatic carbocycles. The summed E-state index contributed by atoms with van der Waals surface area (Å²) in [5, 5.41) is 25.8. The Morgan fingerprint density at radius 3 is 2.65 bits per heavy atom. The van der Waals surface area contributed by atoms with E-state index in [0.29, 0.717) is 11.4 Å². The number of rotatable bonds is 6. The molecule has 5 rings (SSSR count). The van der Waals surface area contributed by atoms with Crippen molar-refractivity contribution in [2.45, 2.75) is 32.9 Å². The van der Waals surface area contributed by atoms with E-state index in [4.69, 9.17) is 4.74 Å². The maximum absolute atomic E-state index is 13.0. The molecule has 2 aliphatic heterocycles. The maximum atomic E-state index is 13.0. The van der Waals surface area contributed by atoms with Crippen molar-refractivity contribution in [1.29, 1.82) is 0 Å². The van der Waals surface area contributed by atoms with Crippen LogP contribution in [0.1, 0.15) is 35.6 Å². The van der Waals surface area contributed by atoms with Gasteiger partial charge in [0.05, 0.1) is 18.8 Å². The molecule has 0 unspecified atom stereocenters. The second-order valence-corrected chi connectivity index (χ2v) is 9.03. The van der Waals surface area contributed by atoms with Crippen LogP contribution in [-0.2, 0) is 17.7 Å². The summed E-state index contributed by atoms with van der Waals surface area (Å²) in [4.78, 5) is 15.3. The molecule has 1 saturated heterocycles. The van der Waals surface area contributed by atoms with E-state index in [1.165, 1.54) is 5.56 Å². The fraction of sp³-hybridized carbons (Fsp3) is 0.400. The average molecular weight is 463 g/mol. The number of aromatic hydroxyl groups is 1. The van der Waals surface area contributed by atoms with E-state index in [0.717, 1.165) is 62.8 Å². The number of fused-ring (bicyclic) bond motifs is 1. The number of phenols is 1. The van der Waals surface area contributed by atoms with Crippen molar-refractivity contribution in [3.63, 3.8) is 0 Å². The van der Waals surface area contributed by atoms with Crippen molar-refractivity contribution >= 4 is 11.6 Å². The van der Waals surface area contributed by atoms with Gasteiger partial charge in [0, 0.05) is 49.2 Å². The molecule has 0 saturated carbocycles. The number of ether oxygens (including phenoxy) is 1. The lowest BCUT2D eigenvalue weighted by molar-refractivity contribution is 0.0342. The van der Waals surface area contributed by atoms with Crippen molar-refractivity contribution in [3.8, 4) is 22.8 Å². The van der Waals surface area contributed by atoms with E-state index < -0.39 is 0 Å². The number of carbonyl (C=O) groups excluding carboxylic acids is 1. The molecule has 0 radical (unpaired) electrons. The van der Waals surface area contributed by atoms with Crippen LogP contribution in [0.25, 0.3) is 17.1 Å². The maximum Gasteiger partial charge on any atom is 0.289 e. The van der Waals surface area contributed by atoms with Crippen LogP contribution in [0.15, 0.2) is 36.4 Å². The number of nitrogens with one attached hydrogen (secondary N) is 2. The topological polar surface area (TPSA) is 105 Å². The van der Waals surface area contributed by atoms with Crippen molar-refractivity contribution in [3.05, 3.63) is 53.3 Å². The molecular weight excluding hydrogens is 432 g/mol. The number of morpholine rings is 1. The number of carbonyl (C=O) groups is 1. The van der Waals surface area contributed by atoms with Crippen LogP contribution in [0.3, 0.4) is 0 Å². The minimum Gasteiger partial charge on any atom is -0.507 e. The zero-order chi connectivity index (χ0) is 23.7. The molecule has 9 nitrogen and oxygen atoms in total. The Labute approximate surface area is 198 Å². The van der Waals surface area contributed by atoms with E-state index in [9.17, 15) is 9.90 Å². The number of benzene rings is 2. The molecule has 178 valence electrons. The third kappa shape index (κ3) is 4.36. The second-order valence-electron chi connectivity index (χ2n) is 9.03. The third-order valence-corrected chi connectivity index (χ3v) is 6.20. The summed E-state index contributed by atoms with van der Waals surface area (Å²) in [6.07, 6.45) is 0.736. The fourth-order valence-electron chi connectivity index (χ4n) is 4.50. The zero-order valence-electron chi connectivity index (χ0n) is 19.5. The molecule has 0 aliphatic carbocycles. The predicted octanol–water partition coefficient (Wildman–Crippen LogP) is 2.58. The van der Waals surface area contributed by atoms with Gasteiger partial charge in [-0.15, -0.1) is 10.2 Å². The second kappa shape index (κ2) is 9.44. The van der Waals surface area contributed by atoms with Crippen LogP contribution in [0, 0.1) is 0 Å². The molecule has 34 heavy (non-hydrogen) atoms. The fourth-order valence-corrected chi connectivity index (χ4v) is 4.50. The molecule has 1 amide bonds. The van der Waals surface area contributed by atoms with E-state index in [1.807, 2.05) is 38.1 Å². The van der Waals surface area contributed by atoms with Gasteiger partial charge < -0.3 is 20.5 Å². The molecule has 9 heteroatoms. The lowest BCUT2D eigenvalue weighted by Gasteiger charge is -2.26. The third-order valence-electron chi connectivity index (χ3n) is 6.20. The predicted molar refractivity (Wildman–Crippen MR) is 129 cm³/mol. The van der Waals surface area contributed by atoms with Gasteiger partial charge in [0.1, 0.15) is 5.75 Å². The molecule has 2 aliphatic rings. The highest BCUT2D eigenvalue weighted by atomic mass is 16.5. The highest BCUT2D eigenvalue weighted by molar-refractivity contribution is 5.92. The monoisotopic (exact) mass is 462 g/mol. The Morgan fingerprint density at radius 1 is 1.15 bits per heavy atom. The Kier molecular flexibility index (Phi) is 6.21. The first kappa shape index (κ1) is 22.4. The minimum atomic E-state index is -0.312. The summed E-state index contributed by atoms with van der Waals surface area (Å²) in [7, 11) is 0. The minimum absolute atomic E-state index is 0.0449. The first-order valence-electron chi connectivity index (χ1n) is 11.8. The van der Waals surface area contributed by atoms with E-state index in [1.54, 1.807) is 4.57 Å². The Balaban J connectivity index is 1.53. The highest BCUT2D eigenvalue weighted by Crippen LogP contribution is 2.39. The van der Waals surface area contributed by atoms with Crippen LogP contribution in [0.2, 0.25) is 0 Å². The Morgan fingerprint density at radius 2 is 1.91 bits per heavy atom. The van der Waals surface area contributed by atoms with Crippen molar-refractivity contribution in [2.24, 2.45) is 0 Å². The van der Waals surface area contributed by atoms with Gasteiger partial charge in [0.15, 0.2) is 5.82 Å². The number of amides is 1. The van der Waals surface area contributed by atoms with Crippen LogP contribution >= 0.6 is 0 Å². The SMILES string of the molecule is CC(C)NC(=O)c1nnc(-c2ccc3c(c2O)CCN3)n1-c1ccc(CN2CCOCC2)cc1. The van der Waals surface area contributed by atoms with Crippen LogP contribution in [0.4, 0.5) is 5.69 Å². The lowest BCUT2D eigenvalue weighted by Crippen LogP contribution is -2.35. The molecule has 1 aromatic heterocycles. The van der Waals surface area contributed by atoms with Gasteiger partial charge in [-0.05, 0) is 50.1 Å². The van der Waals surface area contributed by atoms with Crippen molar-refractivity contribution in [2.75, 3.05) is 38.2 Å². The zero-order valence-corrected chi connectivity index (χ0v) is 19.5. The molecule has 0 spiro atoms. The smallest absolute Gasteiger partial charge is 0.289 e. The molecule has 3 aromatic rings. The van der Waals surface area contributed by atoms with Crippen molar-refractivity contribution < 1.29 is 14.6 Å². The van der Waals surface area contributed by atoms with Gasteiger partial charge in [0.2, 0.25) is 5.82 Å². The summed E-state index contributed by atoms with van der Waals surface area (Å²) >= 11 is 0. The average Bonchev–Trinajstić information content (AvgIpc) is 3.48. The first-order valence-corrected chi connectivity index (χ1v) is 11.8. The number of anilines is 1. The van der Waals surface area contributed by atoms with Gasteiger partial charge in [-0.1, -0.05) is 12.1 Å². The summed E-state index contributed by atoms with van der Waals surface area (Å²) < 4.78 is 7.16. The van der Waals surface area contributed by atoms with Crippen LogP contribution < -0.4 is 10.6 Å². The van der Waals surface area contributed by atoms with Gasteiger partial charge in [0.25, 0.3) is 5.91 Å². The molecular formula is C25H30N6O3. The van der Waals surface area contributed by atoms with E-state index in [-0.39, 0.29) is 23.5 Å². The summed E-state index contributed by atoms with van der Waals surface area (Å²) in [5.74, 6) is 0.481. The summed E-state index contributed by atoms with van der Waals surface area (Å²) in [6.45, 7) is 8.79. The summed E-state index contributed by atoms with van der Waals surface area (Å²) in [6, 6.07) is 11.8. The molecule has 0 bridgehead atoms. The van der Waals surface area contributed by atoms with Crippen molar-refractivity contribution in [1.82, 2.24) is 25.0 Å². The largest absolute Gasteiger partial charge is 0.507 e. The molecule has 3 N–H and O–H groups in total.